The van der Waals surface area contributed by atoms with Gasteiger partial charge in [0.25, 0.3) is 0 Å². The van der Waals surface area contributed by atoms with E-state index in [0.29, 0.717) is 23.6 Å². The van der Waals surface area contributed by atoms with E-state index in [1.807, 2.05) is 25.1 Å². The lowest BCUT2D eigenvalue weighted by molar-refractivity contribution is 0.0847. The van der Waals surface area contributed by atoms with Gasteiger partial charge in [-0.1, -0.05) is 48.5 Å². The van der Waals surface area contributed by atoms with Gasteiger partial charge in [-0.3, -0.25) is 4.79 Å². The molecular weight excluding hydrogens is 333 g/mol. The summed E-state index contributed by atoms with van der Waals surface area (Å²) < 4.78 is 26.1. The van der Waals surface area contributed by atoms with Crippen LogP contribution in [0.3, 0.4) is 0 Å². The van der Waals surface area contributed by atoms with Crippen LogP contribution >= 0.6 is 0 Å². The highest BCUT2D eigenvalue weighted by Gasteiger charge is 2.53. The van der Waals surface area contributed by atoms with Crippen LogP contribution in [0.25, 0.3) is 0 Å². The second-order valence-electron chi connectivity index (χ2n) is 6.81. The molecular formula is C21H20FNO3. The summed E-state index contributed by atoms with van der Waals surface area (Å²) in [5.41, 5.74) is 0.272. The number of ether oxygens (including phenoxy) is 2. The Morgan fingerprint density at radius 3 is 2.69 bits per heavy atom. The van der Waals surface area contributed by atoms with Gasteiger partial charge in [-0.2, -0.15) is 0 Å². The molecule has 0 aliphatic carbocycles. The van der Waals surface area contributed by atoms with Gasteiger partial charge in [0.2, 0.25) is 0 Å². The lowest BCUT2D eigenvalue weighted by atomic mass is 9.78. The molecule has 1 fully saturated rings. The average Bonchev–Trinajstić information content (AvgIpc) is 3.00. The summed E-state index contributed by atoms with van der Waals surface area (Å²) in [4.78, 5) is 17.2. The van der Waals surface area contributed by atoms with Gasteiger partial charge >= 0.3 is 0 Å². The lowest BCUT2D eigenvalue weighted by Crippen LogP contribution is -2.43. The molecule has 0 bridgehead atoms. The molecule has 5 heteroatoms. The van der Waals surface area contributed by atoms with Crippen LogP contribution in [0.4, 0.5) is 4.39 Å². The van der Waals surface area contributed by atoms with Gasteiger partial charge in [0.05, 0.1) is 31.7 Å². The van der Waals surface area contributed by atoms with Crippen LogP contribution in [0, 0.1) is 11.7 Å². The lowest BCUT2D eigenvalue weighted by Gasteiger charge is -2.36. The van der Waals surface area contributed by atoms with Gasteiger partial charge in [0, 0.05) is 11.1 Å². The quantitative estimate of drug-likeness (QED) is 0.787. The largest absolute Gasteiger partial charge is 0.480 e. The first-order chi connectivity index (χ1) is 12.6. The molecule has 0 aromatic heterocycles. The molecule has 2 aliphatic rings. The van der Waals surface area contributed by atoms with Gasteiger partial charge in [-0.05, 0) is 13.0 Å². The SMILES string of the molecule is C[C@H]1OC[C@]2(c3ccccc3F)N=C(CC(=O)c3ccccc3)OC[C@H]12. The first-order valence-corrected chi connectivity index (χ1v) is 8.76. The highest BCUT2D eigenvalue weighted by molar-refractivity contribution is 6.07. The molecule has 0 unspecified atom stereocenters. The number of nitrogens with zero attached hydrogens (tertiary/aromatic N) is 1. The van der Waals surface area contributed by atoms with Crippen LogP contribution in [0.1, 0.15) is 29.3 Å². The van der Waals surface area contributed by atoms with Crippen molar-refractivity contribution in [2.24, 2.45) is 10.9 Å². The van der Waals surface area contributed by atoms with Crippen LogP contribution < -0.4 is 0 Å². The summed E-state index contributed by atoms with van der Waals surface area (Å²) in [6.07, 6.45) is -0.0360. The fraction of sp³-hybridized carbons (Fsp3) is 0.333. The maximum Gasteiger partial charge on any atom is 0.192 e. The van der Waals surface area contributed by atoms with Crippen molar-refractivity contribution in [3.05, 3.63) is 71.5 Å². The average molecular weight is 353 g/mol. The molecule has 4 nitrogen and oxygen atoms in total. The number of hydrogen-bond donors (Lipinski definition) is 0. The molecule has 2 aliphatic heterocycles. The van der Waals surface area contributed by atoms with Gasteiger partial charge in [-0.25, -0.2) is 9.38 Å². The number of hydrogen-bond acceptors (Lipinski definition) is 4. The number of aliphatic imine (C=N–C) groups is 1. The number of carbonyl (C=O) groups is 1. The molecule has 0 amide bonds. The Bertz CT molecular complexity index is 851. The second kappa shape index (κ2) is 6.65. The molecule has 2 aromatic rings. The molecule has 2 aromatic carbocycles. The monoisotopic (exact) mass is 353 g/mol. The van der Waals surface area contributed by atoms with E-state index in [9.17, 15) is 9.18 Å². The van der Waals surface area contributed by atoms with Crippen molar-refractivity contribution in [1.29, 1.82) is 0 Å². The summed E-state index contributed by atoms with van der Waals surface area (Å²) >= 11 is 0. The number of rotatable bonds is 4. The fourth-order valence-corrected chi connectivity index (χ4v) is 3.80. The Hall–Kier alpha value is -2.53. The summed E-state index contributed by atoms with van der Waals surface area (Å²) in [6.45, 7) is 2.59. The minimum absolute atomic E-state index is 0.0569. The number of fused-ring (bicyclic) bond motifs is 1. The van der Waals surface area contributed by atoms with Crippen molar-refractivity contribution < 1.29 is 18.7 Å². The van der Waals surface area contributed by atoms with E-state index in [2.05, 4.69) is 0 Å². The molecule has 0 radical (unpaired) electrons. The zero-order valence-electron chi connectivity index (χ0n) is 14.5. The normalized spacial score (nSPS) is 27.4. The standard InChI is InChI=1S/C21H20FNO3/c1-14-17-12-25-20(11-19(24)15-7-3-2-4-8-15)23-21(17,13-26-14)16-9-5-6-10-18(16)22/h2-10,14,17H,11-13H2,1H3/t14-,17-,21-/m1/s1. The molecule has 2 heterocycles. The molecule has 0 N–H and O–H groups in total. The van der Waals surface area contributed by atoms with E-state index in [0.717, 1.165) is 0 Å². The Morgan fingerprint density at radius 2 is 1.92 bits per heavy atom. The Labute approximate surface area is 151 Å². The molecule has 0 spiro atoms. The van der Waals surface area contributed by atoms with Crippen LogP contribution in [0.2, 0.25) is 0 Å². The van der Waals surface area contributed by atoms with E-state index >= 15 is 0 Å². The third-order valence-electron chi connectivity index (χ3n) is 5.25. The molecule has 3 atom stereocenters. The molecule has 0 saturated carbocycles. The summed E-state index contributed by atoms with van der Waals surface area (Å²) in [6, 6.07) is 15.7. The van der Waals surface area contributed by atoms with E-state index in [-0.39, 0.29) is 36.7 Å². The van der Waals surface area contributed by atoms with Gasteiger partial charge in [0.1, 0.15) is 11.4 Å². The minimum atomic E-state index is -0.838. The Kier molecular flexibility index (Phi) is 4.32. The van der Waals surface area contributed by atoms with Crippen molar-refractivity contribution in [2.75, 3.05) is 13.2 Å². The first kappa shape index (κ1) is 16.9. The molecule has 4 rings (SSSR count). The number of Topliss-reactive ketones (excluding diaryl/α,β-unsaturated/α-hetero) is 1. The van der Waals surface area contributed by atoms with Gasteiger partial charge in [0.15, 0.2) is 11.7 Å². The molecule has 26 heavy (non-hydrogen) atoms. The summed E-state index contributed by atoms with van der Waals surface area (Å²) in [5, 5.41) is 0. The Balaban J connectivity index is 1.70. The van der Waals surface area contributed by atoms with Crippen molar-refractivity contribution in [3.8, 4) is 0 Å². The van der Waals surface area contributed by atoms with E-state index in [1.165, 1.54) is 6.07 Å². The van der Waals surface area contributed by atoms with Crippen LogP contribution in [0.15, 0.2) is 59.6 Å². The van der Waals surface area contributed by atoms with Gasteiger partial charge < -0.3 is 9.47 Å². The van der Waals surface area contributed by atoms with Crippen LogP contribution in [-0.4, -0.2) is 31.0 Å². The van der Waals surface area contributed by atoms with Crippen molar-refractivity contribution in [2.45, 2.75) is 25.0 Å². The number of carbonyl (C=O) groups excluding carboxylic acids is 1. The van der Waals surface area contributed by atoms with Crippen molar-refractivity contribution >= 4 is 11.7 Å². The number of ketones is 1. The smallest absolute Gasteiger partial charge is 0.192 e. The number of benzene rings is 2. The highest BCUT2D eigenvalue weighted by atomic mass is 19.1. The second-order valence-corrected chi connectivity index (χ2v) is 6.81. The predicted molar refractivity (Wildman–Crippen MR) is 95.8 cm³/mol. The topological polar surface area (TPSA) is 47.9 Å². The fourth-order valence-electron chi connectivity index (χ4n) is 3.80. The van der Waals surface area contributed by atoms with Crippen LogP contribution in [0.5, 0.6) is 0 Å². The highest BCUT2D eigenvalue weighted by Crippen LogP contribution is 2.46. The van der Waals surface area contributed by atoms with E-state index < -0.39 is 5.54 Å². The third kappa shape index (κ3) is 2.82. The molecule has 134 valence electrons. The zero-order valence-corrected chi connectivity index (χ0v) is 14.5. The Morgan fingerprint density at radius 1 is 1.19 bits per heavy atom. The maximum absolute atomic E-state index is 14.6. The first-order valence-electron chi connectivity index (χ1n) is 8.76. The van der Waals surface area contributed by atoms with Crippen molar-refractivity contribution in [3.63, 3.8) is 0 Å². The maximum atomic E-state index is 14.6. The minimum Gasteiger partial charge on any atom is -0.480 e. The third-order valence-corrected chi connectivity index (χ3v) is 5.25. The predicted octanol–water partition coefficient (Wildman–Crippen LogP) is 3.76. The zero-order chi connectivity index (χ0) is 18.1. The van der Waals surface area contributed by atoms with E-state index in [1.54, 1.807) is 30.3 Å². The van der Waals surface area contributed by atoms with Crippen molar-refractivity contribution in [1.82, 2.24) is 0 Å². The summed E-state index contributed by atoms with van der Waals surface area (Å²) in [5.74, 6) is -0.126. The van der Waals surface area contributed by atoms with Gasteiger partial charge in [-0.15, -0.1) is 0 Å². The summed E-state index contributed by atoms with van der Waals surface area (Å²) in [7, 11) is 0. The van der Waals surface area contributed by atoms with E-state index in [4.69, 9.17) is 14.5 Å². The number of halogens is 1. The van der Waals surface area contributed by atoms with Crippen LogP contribution in [-0.2, 0) is 15.0 Å². The molecule has 1 saturated heterocycles.